The highest BCUT2D eigenvalue weighted by Gasteiger charge is 2.15. The molecule has 0 radical (unpaired) electrons. The Labute approximate surface area is 154 Å². The summed E-state index contributed by atoms with van der Waals surface area (Å²) in [5, 5.41) is 9.23. The molecule has 25 heavy (non-hydrogen) atoms. The number of hydrogen-bond acceptors (Lipinski definition) is 6. The molecule has 0 bridgehead atoms. The van der Waals surface area contributed by atoms with Crippen LogP contribution < -0.4 is 20.5 Å². The van der Waals surface area contributed by atoms with E-state index in [1.807, 2.05) is 0 Å². The summed E-state index contributed by atoms with van der Waals surface area (Å²) in [7, 11) is 0. The summed E-state index contributed by atoms with van der Waals surface area (Å²) in [5.74, 6) is -1.65. The third-order valence-corrected chi connectivity index (χ3v) is 4.64. The van der Waals surface area contributed by atoms with E-state index >= 15 is 0 Å². The molecule has 0 saturated carbocycles. The van der Waals surface area contributed by atoms with Gasteiger partial charge in [0.2, 0.25) is 0 Å². The monoisotopic (exact) mass is 421 g/mol. The number of primary amides is 1. The smallest absolute Gasteiger partial charge is 0.332 e. The summed E-state index contributed by atoms with van der Waals surface area (Å²) in [6.45, 7) is 1.80. The average Bonchev–Trinajstić information content (AvgIpc) is 2.85. The van der Waals surface area contributed by atoms with Gasteiger partial charge in [0.25, 0.3) is 11.5 Å². The Morgan fingerprint density at radius 3 is 2.56 bits per heavy atom. The van der Waals surface area contributed by atoms with Gasteiger partial charge in [-0.1, -0.05) is 15.9 Å². The summed E-state index contributed by atoms with van der Waals surface area (Å²) >= 11 is 4.11. The summed E-state index contributed by atoms with van der Waals surface area (Å²) in [4.78, 5) is 35.9. The molecule has 128 valence electrons. The van der Waals surface area contributed by atoms with Crippen molar-refractivity contribution in [2.75, 3.05) is 6.61 Å². The van der Waals surface area contributed by atoms with E-state index in [1.54, 1.807) is 37.3 Å². The first-order valence-corrected chi connectivity index (χ1v) is 8.60. The van der Waals surface area contributed by atoms with Gasteiger partial charge in [-0.05, 0) is 31.2 Å². The topological polar surface area (TPSA) is 115 Å². The number of halogens is 1. The lowest BCUT2D eigenvalue weighted by atomic mass is 10.3. The lowest BCUT2D eigenvalue weighted by Gasteiger charge is -2.02. The van der Waals surface area contributed by atoms with E-state index in [-0.39, 0.29) is 21.4 Å². The Balaban J connectivity index is 2.90. The maximum atomic E-state index is 12.7. The van der Waals surface area contributed by atoms with Crippen LogP contribution in [0.1, 0.15) is 6.92 Å². The minimum Gasteiger partial charge on any atom is -0.463 e. The van der Waals surface area contributed by atoms with Crippen LogP contribution >= 0.6 is 27.3 Å². The van der Waals surface area contributed by atoms with Gasteiger partial charge >= 0.3 is 5.97 Å². The summed E-state index contributed by atoms with van der Waals surface area (Å²) < 4.78 is 6.85. The van der Waals surface area contributed by atoms with Gasteiger partial charge in [-0.2, -0.15) is 5.26 Å². The van der Waals surface area contributed by atoms with E-state index in [9.17, 15) is 19.6 Å². The van der Waals surface area contributed by atoms with Gasteiger partial charge in [-0.25, -0.2) is 4.79 Å². The molecule has 0 aliphatic rings. The molecule has 0 saturated heterocycles. The second kappa shape index (κ2) is 7.92. The Morgan fingerprint density at radius 2 is 2.04 bits per heavy atom. The van der Waals surface area contributed by atoms with Crippen LogP contribution in [0.4, 0.5) is 0 Å². The molecule has 9 heteroatoms. The van der Waals surface area contributed by atoms with E-state index in [0.29, 0.717) is 5.69 Å². The number of thiazole rings is 1. The molecule has 0 unspecified atom stereocenters. The molecule has 0 aliphatic heterocycles. The zero-order chi connectivity index (χ0) is 18.6. The fraction of sp³-hybridized carbons (Fsp3) is 0.125. The Hall–Kier alpha value is -2.70. The molecule has 0 aliphatic carbocycles. The Morgan fingerprint density at radius 1 is 1.40 bits per heavy atom. The molecule has 1 heterocycles. The summed E-state index contributed by atoms with van der Waals surface area (Å²) in [5.41, 5.74) is 4.75. The van der Waals surface area contributed by atoms with E-state index in [4.69, 9.17) is 10.5 Å². The van der Waals surface area contributed by atoms with Crippen LogP contribution in [0.2, 0.25) is 0 Å². The number of amides is 1. The van der Waals surface area contributed by atoms with Crippen LogP contribution in [0.15, 0.2) is 33.5 Å². The molecule has 0 fully saturated rings. The molecule has 2 N–H and O–H groups in total. The zero-order valence-electron chi connectivity index (χ0n) is 13.0. The first kappa shape index (κ1) is 18.6. The first-order chi connectivity index (χ1) is 11.9. The van der Waals surface area contributed by atoms with Crippen LogP contribution in [-0.2, 0) is 14.3 Å². The number of carbonyl (C=O) groups excluding carboxylic acids is 2. The van der Waals surface area contributed by atoms with Crippen LogP contribution in [0.25, 0.3) is 17.3 Å². The third-order valence-electron chi connectivity index (χ3n) is 3.02. The molecule has 1 aromatic heterocycles. The van der Waals surface area contributed by atoms with Gasteiger partial charge in [0, 0.05) is 10.5 Å². The number of nitrogens with zero attached hydrogens (tertiary/aromatic N) is 2. The standard InChI is InChI=1S/C16H12BrN3O4S/c1-2-24-13(21)7-12-15(23)20(10-5-3-9(17)4-6-10)16(25-12)11(8-18)14(19)22/h3-7H,2H2,1H3,(H2,19,22). The number of esters is 1. The first-order valence-electron chi connectivity index (χ1n) is 6.99. The minimum absolute atomic E-state index is 0.0327. The number of hydrogen-bond donors (Lipinski definition) is 1. The molecule has 2 aromatic rings. The molecule has 2 rings (SSSR count). The largest absolute Gasteiger partial charge is 0.463 e. The number of nitriles is 1. The van der Waals surface area contributed by atoms with E-state index in [1.165, 1.54) is 4.57 Å². The highest BCUT2D eigenvalue weighted by molar-refractivity contribution is 9.10. The number of carbonyl (C=O) groups is 2. The predicted molar refractivity (Wildman–Crippen MR) is 96.2 cm³/mol. The number of nitrogens with two attached hydrogens (primary N) is 1. The molecule has 1 amide bonds. The van der Waals surface area contributed by atoms with Crippen molar-refractivity contribution in [3.63, 3.8) is 0 Å². The fourth-order valence-electron chi connectivity index (χ4n) is 1.97. The normalized spacial score (nSPS) is 12.4. The number of aromatic nitrogens is 1. The third kappa shape index (κ3) is 4.04. The number of benzene rings is 1. The number of rotatable bonds is 4. The van der Waals surface area contributed by atoms with E-state index in [2.05, 4.69) is 15.9 Å². The van der Waals surface area contributed by atoms with Crippen LogP contribution in [-0.4, -0.2) is 23.1 Å². The quantitative estimate of drug-likeness (QED) is 0.706. The highest BCUT2D eigenvalue weighted by atomic mass is 79.9. The van der Waals surface area contributed by atoms with Crippen molar-refractivity contribution in [1.29, 1.82) is 5.26 Å². The van der Waals surface area contributed by atoms with Crippen molar-refractivity contribution in [2.45, 2.75) is 6.92 Å². The highest BCUT2D eigenvalue weighted by Crippen LogP contribution is 2.12. The predicted octanol–water partition coefficient (Wildman–Crippen LogP) is 0.165. The van der Waals surface area contributed by atoms with Gasteiger partial charge in [-0.3, -0.25) is 14.2 Å². The van der Waals surface area contributed by atoms with E-state index < -0.39 is 17.4 Å². The Bertz CT molecular complexity index is 1050. The zero-order valence-corrected chi connectivity index (χ0v) is 15.4. The van der Waals surface area contributed by atoms with Gasteiger partial charge in [0.1, 0.15) is 15.3 Å². The minimum atomic E-state index is -0.961. The van der Waals surface area contributed by atoms with Crippen molar-refractivity contribution in [1.82, 2.24) is 4.57 Å². The van der Waals surface area contributed by atoms with Gasteiger partial charge in [-0.15, -0.1) is 11.3 Å². The van der Waals surface area contributed by atoms with Gasteiger partial charge in [0.15, 0.2) is 5.57 Å². The maximum Gasteiger partial charge on any atom is 0.332 e. The second-order valence-corrected chi connectivity index (χ2v) is 6.58. The van der Waals surface area contributed by atoms with Gasteiger partial charge in [0.05, 0.1) is 12.3 Å². The van der Waals surface area contributed by atoms with E-state index in [0.717, 1.165) is 21.9 Å². The second-order valence-electron chi connectivity index (χ2n) is 4.64. The van der Waals surface area contributed by atoms with Crippen molar-refractivity contribution in [2.24, 2.45) is 5.73 Å². The summed E-state index contributed by atoms with van der Waals surface area (Å²) in [6.07, 6.45) is 1.03. The fourth-order valence-corrected chi connectivity index (χ4v) is 3.31. The molecule has 0 atom stereocenters. The molecular weight excluding hydrogens is 410 g/mol. The van der Waals surface area contributed by atoms with Crippen molar-refractivity contribution in [3.05, 3.63) is 48.3 Å². The number of ether oxygens (including phenoxy) is 1. The molecule has 0 spiro atoms. The molecule has 7 nitrogen and oxygen atoms in total. The lowest BCUT2D eigenvalue weighted by molar-refractivity contribution is -0.135. The van der Waals surface area contributed by atoms with Crippen LogP contribution in [0.5, 0.6) is 0 Å². The van der Waals surface area contributed by atoms with Crippen LogP contribution in [0, 0.1) is 11.3 Å². The van der Waals surface area contributed by atoms with Crippen LogP contribution in [0.3, 0.4) is 0 Å². The molecule has 1 aromatic carbocycles. The van der Waals surface area contributed by atoms with Crippen molar-refractivity contribution >= 4 is 50.8 Å². The Kier molecular flexibility index (Phi) is 5.90. The van der Waals surface area contributed by atoms with Gasteiger partial charge < -0.3 is 10.5 Å². The average molecular weight is 422 g/mol. The SMILES string of the molecule is CCOC(=O)C=c1sc(=C(C#N)C(N)=O)n(-c2ccc(Br)cc2)c1=O. The molecular formula is C16H12BrN3O4S. The summed E-state index contributed by atoms with van der Waals surface area (Å²) in [6, 6.07) is 8.38. The van der Waals surface area contributed by atoms with Crippen molar-refractivity contribution in [3.8, 4) is 11.8 Å². The maximum absolute atomic E-state index is 12.7. The van der Waals surface area contributed by atoms with Crippen molar-refractivity contribution < 1.29 is 14.3 Å². The lowest BCUT2D eigenvalue weighted by Crippen LogP contribution is -2.32.